The van der Waals surface area contributed by atoms with Crippen LogP contribution in [0, 0.1) is 13.8 Å². The second kappa shape index (κ2) is 5.51. The molecule has 0 aliphatic rings. The monoisotopic (exact) mass is 272 g/mol. The summed E-state index contributed by atoms with van der Waals surface area (Å²) in [6, 6.07) is 9.00. The summed E-state index contributed by atoms with van der Waals surface area (Å²) in [6.07, 6.45) is 0. The Morgan fingerprint density at radius 1 is 1.15 bits per heavy atom. The molecule has 1 aromatic heterocycles. The number of hydrogen-bond acceptors (Lipinski definition) is 3. The highest BCUT2D eigenvalue weighted by Crippen LogP contribution is 2.28. The molecule has 4 nitrogen and oxygen atoms in total. The lowest BCUT2D eigenvalue weighted by atomic mass is 9.98. The van der Waals surface area contributed by atoms with E-state index in [1.54, 1.807) is 24.8 Å². The van der Waals surface area contributed by atoms with Crippen molar-refractivity contribution in [3.8, 4) is 5.75 Å². The molecule has 2 rings (SSSR count). The van der Waals surface area contributed by atoms with Crippen LogP contribution in [0.1, 0.15) is 28.4 Å². The average Bonchev–Trinajstić information content (AvgIpc) is 2.44. The molecule has 1 heterocycles. The maximum Gasteiger partial charge on any atom is 0.255 e. The van der Waals surface area contributed by atoms with Gasteiger partial charge in [-0.2, -0.15) is 0 Å². The van der Waals surface area contributed by atoms with E-state index in [1.807, 2.05) is 38.1 Å². The lowest BCUT2D eigenvalue weighted by Crippen LogP contribution is -2.28. The number of ether oxygens (including phenoxy) is 1. The second-order valence-electron chi connectivity index (χ2n) is 5.02. The predicted octanol–water partition coefficient (Wildman–Crippen LogP) is 2.06. The average molecular weight is 272 g/mol. The molecule has 106 valence electrons. The molecule has 4 heteroatoms. The number of nitrogens with zero attached hydrogens (tertiary/aromatic N) is 1. The number of benzene rings is 1. The molecule has 2 N–H and O–H groups in total. The fourth-order valence-electron chi connectivity index (χ4n) is 2.25. The van der Waals surface area contributed by atoms with E-state index in [0.29, 0.717) is 11.3 Å². The largest absolute Gasteiger partial charge is 0.496 e. The van der Waals surface area contributed by atoms with E-state index in [2.05, 4.69) is 0 Å². The minimum absolute atomic E-state index is 0.0685. The standard InChI is InChI=1S/C16H20N2O2/c1-10-5-8-14(20-4)13(9-10)15(17)12-7-6-11(2)18(3)16(12)19/h5-9,15H,17H2,1-4H3. The van der Waals surface area contributed by atoms with E-state index in [4.69, 9.17) is 10.5 Å². The van der Waals surface area contributed by atoms with Crippen molar-refractivity contribution in [1.29, 1.82) is 0 Å². The number of aryl methyl sites for hydroxylation is 2. The van der Waals surface area contributed by atoms with Crippen LogP contribution in [0.5, 0.6) is 5.75 Å². The molecule has 0 fully saturated rings. The van der Waals surface area contributed by atoms with Crippen LogP contribution in [0.25, 0.3) is 0 Å². The van der Waals surface area contributed by atoms with Gasteiger partial charge >= 0.3 is 0 Å². The summed E-state index contributed by atoms with van der Waals surface area (Å²) < 4.78 is 6.96. The zero-order chi connectivity index (χ0) is 14.9. The van der Waals surface area contributed by atoms with Crippen LogP contribution >= 0.6 is 0 Å². The van der Waals surface area contributed by atoms with Gasteiger partial charge in [0.15, 0.2) is 0 Å². The summed E-state index contributed by atoms with van der Waals surface area (Å²) in [6.45, 7) is 3.88. The van der Waals surface area contributed by atoms with Crippen LogP contribution in [0.3, 0.4) is 0 Å². The maximum atomic E-state index is 12.3. The van der Waals surface area contributed by atoms with Crippen LogP contribution < -0.4 is 16.0 Å². The first kappa shape index (κ1) is 14.3. The van der Waals surface area contributed by atoms with Gasteiger partial charge in [-0.25, -0.2) is 0 Å². The molecule has 1 aromatic carbocycles. The van der Waals surface area contributed by atoms with E-state index in [9.17, 15) is 4.79 Å². The number of hydrogen-bond donors (Lipinski definition) is 1. The van der Waals surface area contributed by atoms with Gasteiger partial charge in [0.1, 0.15) is 5.75 Å². The molecule has 0 aliphatic carbocycles. The van der Waals surface area contributed by atoms with Gasteiger partial charge in [-0.05, 0) is 32.0 Å². The Morgan fingerprint density at radius 2 is 1.85 bits per heavy atom. The van der Waals surface area contributed by atoms with Gasteiger partial charge in [0.05, 0.1) is 13.2 Å². The molecule has 0 saturated carbocycles. The minimum atomic E-state index is -0.496. The Hall–Kier alpha value is -2.07. The van der Waals surface area contributed by atoms with Crippen molar-refractivity contribution in [2.24, 2.45) is 12.8 Å². The SMILES string of the molecule is COc1ccc(C)cc1C(N)c1ccc(C)n(C)c1=O. The summed E-state index contributed by atoms with van der Waals surface area (Å²) in [5.41, 5.74) is 9.61. The van der Waals surface area contributed by atoms with Crippen LogP contribution in [-0.4, -0.2) is 11.7 Å². The summed E-state index contributed by atoms with van der Waals surface area (Å²) in [5, 5.41) is 0. The highest BCUT2D eigenvalue weighted by atomic mass is 16.5. The van der Waals surface area contributed by atoms with E-state index in [0.717, 1.165) is 16.8 Å². The maximum absolute atomic E-state index is 12.3. The van der Waals surface area contributed by atoms with Crippen molar-refractivity contribution >= 4 is 0 Å². The molecule has 1 unspecified atom stereocenters. The minimum Gasteiger partial charge on any atom is -0.496 e. The number of rotatable bonds is 3. The fourth-order valence-corrected chi connectivity index (χ4v) is 2.25. The van der Waals surface area contributed by atoms with Crippen molar-refractivity contribution in [2.75, 3.05) is 7.11 Å². The zero-order valence-electron chi connectivity index (χ0n) is 12.3. The summed E-state index contributed by atoms with van der Waals surface area (Å²) in [4.78, 5) is 12.3. The molecule has 0 bridgehead atoms. The molecule has 0 spiro atoms. The van der Waals surface area contributed by atoms with Gasteiger partial charge in [0.2, 0.25) is 0 Å². The molecule has 20 heavy (non-hydrogen) atoms. The van der Waals surface area contributed by atoms with Crippen LogP contribution in [0.15, 0.2) is 35.1 Å². The molecule has 0 amide bonds. The van der Waals surface area contributed by atoms with Gasteiger partial charge in [-0.3, -0.25) is 4.79 Å². The Labute approximate surface area is 118 Å². The third-order valence-electron chi connectivity index (χ3n) is 3.64. The van der Waals surface area contributed by atoms with Crippen molar-refractivity contribution in [3.05, 3.63) is 63.1 Å². The fraction of sp³-hybridized carbons (Fsp3) is 0.312. The first-order chi connectivity index (χ1) is 9.45. The second-order valence-corrected chi connectivity index (χ2v) is 5.02. The Kier molecular flexibility index (Phi) is 3.95. The number of methoxy groups -OCH3 is 1. The number of aromatic nitrogens is 1. The Bertz CT molecular complexity index is 689. The van der Waals surface area contributed by atoms with Crippen molar-refractivity contribution < 1.29 is 4.74 Å². The van der Waals surface area contributed by atoms with Crippen LogP contribution in [-0.2, 0) is 7.05 Å². The molecule has 1 atom stereocenters. The third-order valence-corrected chi connectivity index (χ3v) is 3.64. The van der Waals surface area contributed by atoms with Gasteiger partial charge < -0.3 is 15.0 Å². The van der Waals surface area contributed by atoms with Gasteiger partial charge in [-0.15, -0.1) is 0 Å². The lowest BCUT2D eigenvalue weighted by molar-refractivity contribution is 0.407. The summed E-state index contributed by atoms with van der Waals surface area (Å²) in [5.74, 6) is 0.700. The van der Waals surface area contributed by atoms with E-state index in [-0.39, 0.29) is 5.56 Å². The summed E-state index contributed by atoms with van der Waals surface area (Å²) >= 11 is 0. The molecular weight excluding hydrogens is 252 g/mol. The van der Waals surface area contributed by atoms with Crippen molar-refractivity contribution in [2.45, 2.75) is 19.9 Å². The lowest BCUT2D eigenvalue weighted by Gasteiger charge is -2.17. The van der Waals surface area contributed by atoms with Crippen molar-refractivity contribution in [3.63, 3.8) is 0 Å². The number of pyridine rings is 1. The molecule has 0 radical (unpaired) electrons. The zero-order valence-corrected chi connectivity index (χ0v) is 12.3. The first-order valence-corrected chi connectivity index (χ1v) is 6.52. The molecule has 2 aromatic rings. The molecule has 0 saturated heterocycles. The summed E-state index contributed by atoms with van der Waals surface area (Å²) in [7, 11) is 3.36. The van der Waals surface area contributed by atoms with E-state index < -0.39 is 6.04 Å². The van der Waals surface area contributed by atoms with Gasteiger partial charge in [-0.1, -0.05) is 17.7 Å². The van der Waals surface area contributed by atoms with E-state index in [1.165, 1.54) is 0 Å². The van der Waals surface area contributed by atoms with Crippen molar-refractivity contribution in [1.82, 2.24) is 4.57 Å². The highest BCUT2D eigenvalue weighted by molar-refractivity contribution is 5.43. The smallest absolute Gasteiger partial charge is 0.255 e. The third kappa shape index (κ3) is 2.47. The normalized spacial score (nSPS) is 12.2. The topological polar surface area (TPSA) is 57.2 Å². The van der Waals surface area contributed by atoms with Gasteiger partial charge in [0, 0.05) is 23.9 Å². The van der Waals surface area contributed by atoms with Crippen LogP contribution in [0.4, 0.5) is 0 Å². The van der Waals surface area contributed by atoms with E-state index >= 15 is 0 Å². The quantitative estimate of drug-likeness (QED) is 0.930. The van der Waals surface area contributed by atoms with Gasteiger partial charge in [0.25, 0.3) is 5.56 Å². The van der Waals surface area contributed by atoms with Crippen LogP contribution in [0.2, 0.25) is 0 Å². The first-order valence-electron chi connectivity index (χ1n) is 6.52. The highest BCUT2D eigenvalue weighted by Gasteiger charge is 2.18. The number of nitrogens with two attached hydrogens (primary N) is 1. The predicted molar refractivity (Wildman–Crippen MR) is 80.2 cm³/mol. The molecule has 0 aliphatic heterocycles. The Balaban J connectivity index is 2.57. The Morgan fingerprint density at radius 3 is 2.50 bits per heavy atom. The molecular formula is C16H20N2O2.